The standard InChI is InChI=1S/C49H80O16/c1-22(2)19-25-20-26(42(58-10)62-25)27-13-17-49(9)29-11-12-31-46(5,6)32(15-16-47(31,7)28(29)14-18-48(27,49)8)64-45-41(65-44-40(57)37(54)34(51)24(4)61-44)38(55)35(52)30(63-45)21-59-43-39(56)36(53)33(50)23(3)60-43/h11,19,23-28,30-45,50-57H,12-18,20-21H2,1-10H3/t23-,24-,25+,26-,27-,28+,30+,31+,32-,33-,34-,35+,36+,37+,38-,39+,40+,41+,42-,43+,44-,45-,47+,48-,49+/m0/s1. The number of hydrogen-bond donors (Lipinski definition) is 8. The van der Waals surface area contributed by atoms with Crippen molar-refractivity contribution in [2.75, 3.05) is 13.7 Å². The molecule has 65 heavy (non-hydrogen) atoms. The maximum absolute atomic E-state index is 11.8. The third-order valence-electron chi connectivity index (χ3n) is 18.5. The minimum atomic E-state index is -1.70. The van der Waals surface area contributed by atoms with Crippen molar-refractivity contribution >= 4 is 0 Å². The van der Waals surface area contributed by atoms with Gasteiger partial charge in [-0.2, -0.15) is 0 Å². The van der Waals surface area contributed by atoms with Crippen LogP contribution in [0.5, 0.6) is 0 Å². The fourth-order valence-corrected chi connectivity index (χ4v) is 14.5. The Morgan fingerprint density at radius 1 is 0.692 bits per heavy atom. The summed E-state index contributed by atoms with van der Waals surface area (Å²) in [5.41, 5.74) is 2.54. The molecule has 0 aromatic carbocycles. The molecule has 8 N–H and O–H groups in total. The van der Waals surface area contributed by atoms with Crippen LogP contribution < -0.4 is 0 Å². The van der Waals surface area contributed by atoms with Gasteiger partial charge < -0.3 is 78.7 Å². The van der Waals surface area contributed by atoms with Crippen LogP contribution in [0.2, 0.25) is 0 Å². The summed E-state index contributed by atoms with van der Waals surface area (Å²) < 4.78 is 49.3. The van der Waals surface area contributed by atoms with Crippen molar-refractivity contribution in [3.8, 4) is 0 Å². The summed E-state index contributed by atoms with van der Waals surface area (Å²) in [7, 11) is 1.78. The van der Waals surface area contributed by atoms with Crippen LogP contribution in [0.3, 0.4) is 0 Å². The van der Waals surface area contributed by atoms with Crippen molar-refractivity contribution in [3.05, 3.63) is 23.3 Å². The van der Waals surface area contributed by atoms with Crippen LogP contribution in [-0.4, -0.2) is 165 Å². The second-order valence-corrected chi connectivity index (χ2v) is 22.7. The van der Waals surface area contributed by atoms with Gasteiger partial charge in [-0.1, -0.05) is 57.9 Å². The van der Waals surface area contributed by atoms with E-state index in [2.05, 4.69) is 60.6 Å². The van der Waals surface area contributed by atoms with Crippen molar-refractivity contribution in [1.82, 2.24) is 0 Å². The Hall–Kier alpha value is -1.16. The molecule has 25 atom stereocenters. The van der Waals surface area contributed by atoms with Gasteiger partial charge in [-0.15, -0.1) is 0 Å². The van der Waals surface area contributed by atoms with Crippen molar-refractivity contribution in [3.63, 3.8) is 0 Å². The van der Waals surface area contributed by atoms with Crippen LogP contribution in [0.1, 0.15) is 114 Å². The smallest absolute Gasteiger partial charge is 0.187 e. The van der Waals surface area contributed by atoms with Gasteiger partial charge in [0, 0.05) is 13.0 Å². The van der Waals surface area contributed by atoms with Crippen molar-refractivity contribution < 1.29 is 78.7 Å². The molecule has 8 aliphatic rings. The number of allylic oxidation sites excluding steroid dienone is 3. The Morgan fingerprint density at radius 3 is 1.98 bits per heavy atom. The quantitative estimate of drug-likeness (QED) is 0.147. The predicted molar refractivity (Wildman–Crippen MR) is 233 cm³/mol. The van der Waals surface area contributed by atoms with E-state index in [0.717, 1.165) is 44.9 Å². The zero-order valence-corrected chi connectivity index (χ0v) is 40.1. The first-order chi connectivity index (χ1) is 30.5. The van der Waals surface area contributed by atoms with Gasteiger partial charge in [0.05, 0.1) is 31.0 Å². The third kappa shape index (κ3) is 8.46. The highest BCUT2D eigenvalue weighted by Crippen LogP contribution is 2.74. The second-order valence-electron chi connectivity index (χ2n) is 22.7. The maximum atomic E-state index is 11.8. The van der Waals surface area contributed by atoms with Crippen molar-refractivity contribution in [2.45, 2.75) is 224 Å². The van der Waals surface area contributed by atoms with Gasteiger partial charge in [-0.05, 0) is 118 Å². The summed E-state index contributed by atoms with van der Waals surface area (Å²) in [5, 5.41) is 86.4. The minimum Gasteiger partial charge on any atom is -0.388 e. The normalized spacial score (nSPS) is 54.3. The average molecular weight is 925 g/mol. The second kappa shape index (κ2) is 18.5. The highest BCUT2D eigenvalue weighted by atomic mass is 16.8. The summed E-state index contributed by atoms with van der Waals surface area (Å²) >= 11 is 0. The zero-order valence-electron chi connectivity index (χ0n) is 40.1. The van der Waals surface area contributed by atoms with E-state index in [1.54, 1.807) is 12.7 Å². The summed E-state index contributed by atoms with van der Waals surface area (Å²) in [4.78, 5) is 0. The first kappa shape index (κ1) is 50.2. The molecule has 16 nitrogen and oxygen atoms in total. The Balaban J connectivity index is 1.03. The predicted octanol–water partition coefficient (Wildman–Crippen LogP) is 2.82. The molecule has 7 fully saturated rings. The van der Waals surface area contributed by atoms with Crippen LogP contribution in [0, 0.1) is 45.3 Å². The van der Waals surface area contributed by atoms with Crippen LogP contribution in [0.4, 0.5) is 0 Å². The van der Waals surface area contributed by atoms with Gasteiger partial charge in [0.2, 0.25) is 0 Å². The van der Waals surface area contributed by atoms with E-state index in [0.29, 0.717) is 24.2 Å². The van der Waals surface area contributed by atoms with Crippen LogP contribution in [0.15, 0.2) is 23.3 Å². The lowest BCUT2D eigenvalue weighted by atomic mass is 9.41. The van der Waals surface area contributed by atoms with Gasteiger partial charge in [-0.25, -0.2) is 0 Å². The molecule has 0 aromatic rings. The number of ether oxygens (including phenoxy) is 8. The van der Waals surface area contributed by atoms with Crippen molar-refractivity contribution in [2.24, 2.45) is 45.3 Å². The molecule has 372 valence electrons. The van der Waals surface area contributed by atoms with Crippen molar-refractivity contribution in [1.29, 1.82) is 0 Å². The SMILES string of the molecule is CO[C@H]1O[C@H](C=C(C)C)C[C@H]1[C@@H]1CC[C@]2(C)C3=CC[C@@H]4C(C)(C)[C@@H](O[C@@H]5O[C@H](CO[C@@H]6O[C@@H](C)[C@H](O)[C@@H](O)[C@H]6O)[C@@H](O)[C@H](O)[C@H]5O[C@@H]5O[C@@H](C)[C@H](O)[C@@H](O)[C@H]5O)CC[C@]4(C)[C@@H]3CC[C@@]12C. The Kier molecular flexibility index (Phi) is 14.3. The maximum Gasteiger partial charge on any atom is 0.187 e. The van der Waals surface area contributed by atoms with Crippen LogP contribution >= 0.6 is 0 Å². The number of methoxy groups -OCH3 is 1. The van der Waals surface area contributed by atoms with E-state index in [1.807, 2.05) is 0 Å². The minimum absolute atomic E-state index is 0.0331. The number of rotatable bonds is 10. The first-order valence-corrected chi connectivity index (χ1v) is 24.4. The van der Waals surface area contributed by atoms with E-state index in [-0.39, 0.29) is 34.6 Å². The lowest BCUT2D eigenvalue weighted by Gasteiger charge is -2.65. The summed E-state index contributed by atoms with van der Waals surface area (Å²) in [6, 6.07) is 0. The molecule has 0 spiro atoms. The van der Waals surface area contributed by atoms with Gasteiger partial charge in [0.1, 0.15) is 61.0 Å². The largest absolute Gasteiger partial charge is 0.388 e. The van der Waals surface area contributed by atoms with Crippen LogP contribution in [-0.2, 0) is 37.9 Å². The topological polar surface area (TPSA) is 236 Å². The molecule has 0 unspecified atom stereocenters. The van der Waals surface area contributed by atoms with Gasteiger partial charge in [0.25, 0.3) is 0 Å². The molecule has 0 amide bonds. The molecule has 4 saturated heterocycles. The van der Waals surface area contributed by atoms with E-state index in [1.165, 1.54) is 19.4 Å². The number of aliphatic hydroxyl groups is 8. The average Bonchev–Trinajstić information content (AvgIpc) is 3.78. The Morgan fingerprint density at radius 2 is 1.34 bits per heavy atom. The molecule has 4 aliphatic carbocycles. The molecule has 0 aromatic heterocycles. The molecule has 16 heteroatoms. The van der Waals surface area contributed by atoms with E-state index in [4.69, 9.17) is 37.9 Å². The van der Waals surface area contributed by atoms with Crippen LogP contribution in [0.25, 0.3) is 0 Å². The number of aliphatic hydroxyl groups excluding tert-OH is 8. The van der Waals surface area contributed by atoms with Gasteiger partial charge >= 0.3 is 0 Å². The first-order valence-electron chi connectivity index (χ1n) is 24.4. The molecular weight excluding hydrogens is 845 g/mol. The van der Waals surface area contributed by atoms with Gasteiger partial charge in [-0.3, -0.25) is 0 Å². The van der Waals surface area contributed by atoms with E-state index < -0.39 is 110 Å². The monoisotopic (exact) mass is 925 g/mol. The molecular formula is C49H80O16. The molecule has 8 rings (SSSR count). The molecule has 4 heterocycles. The lowest BCUT2D eigenvalue weighted by Crippen LogP contribution is -2.65. The molecule has 4 aliphatic heterocycles. The Bertz CT molecular complexity index is 1740. The lowest BCUT2D eigenvalue weighted by molar-refractivity contribution is -0.379. The zero-order chi connectivity index (χ0) is 47.3. The highest BCUT2D eigenvalue weighted by molar-refractivity contribution is 5.33. The Labute approximate surface area is 384 Å². The molecule has 0 bridgehead atoms. The fourth-order valence-electron chi connectivity index (χ4n) is 14.5. The molecule has 3 saturated carbocycles. The van der Waals surface area contributed by atoms with E-state index >= 15 is 0 Å². The van der Waals surface area contributed by atoms with E-state index in [9.17, 15) is 40.9 Å². The molecule has 0 radical (unpaired) electrons. The highest BCUT2D eigenvalue weighted by Gasteiger charge is 2.67. The summed E-state index contributed by atoms with van der Waals surface area (Å²) in [6.07, 6.45) is -9.11. The summed E-state index contributed by atoms with van der Waals surface area (Å²) in [6.45, 7) is 18.9. The number of hydrogen-bond acceptors (Lipinski definition) is 16. The number of fused-ring (bicyclic) bond motifs is 5. The van der Waals surface area contributed by atoms with Gasteiger partial charge in [0.15, 0.2) is 25.2 Å². The third-order valence-corrected chi connectivity index (χ3v) is 18.5. The summed E-state index contributed by atoms with van der Waals surface area (Å²) in [5.74, 6) is 1.42. The fraction of sp³-hybridized carbons (Fsp3) is 0.918.